The third kappa shape index (κ3) is 6.12. The van der Waals surface area contributed by atoms with Gasteiger partial charge in [-0.25, -0.2) is 0 Å². The van der Waals surface area contributed by atoms with E-state index in [2.05, 4.69) is 10.6 Å². The number of benzene rings is 1. The van der Waals surface area contributed by atoms with E-state index in [-0.39, 0.29) is 18.4 Å². The molecule has 1 heterocycles. The molecule has 0 unspecified atom stereocenters. The van der Waals surface area contributed by atoms with Gasteiger partial charge in [0.05, 0.1) is 6.26 Å². The van der Waals surface area contributed by atoms with Gasteiger partial charge in [-0.05, 0) is 55.2 Å². The number of hydrogen-bond acceptors (Lipinski definition) is 4. The molecule has 3 rings (SSSR count). The highest BCUT2D eigenvalue weighted by molar-refractivity contribution is 5.91. The summed E-state index contributed by atoms with van der Waals surface area (Å²) in [4.78, 5) is 23.3. The summed E-state index contributed by atoms with van der Waals surface area (Å²) in [5.41, 5.74) is 1.08. The summed E-state index contributed by atoms with van der Waals surface area (Å²) >= 11 is 0. The van der Waals surface area contributed by atoms with Crippen LogP contribution in [0.15, 0.2) is 53.2 Å². The summed E-state index contributed by atoms with van der Waals surface area (Å²) in [7, 11) is 0. The lowest BCUT2D eigenvalue weighted by Gasteiger charge is -2.08. The van der Waals surface area contributed by atoms with Gasteiger partial charge in [0, 0.05) is 18.7 Å². The Bertz CT molecular complexity index is 747. The van der Waals surface area contributed by atoms with Gasteiger partial charge in [0.1, 0.15) is 11.5 Å². The van der Waals surface area contributed by atoms with E-state index in [1.165, 1.54) is 6.08 Å². The molecule has 136 valence electrons. The van der Waals surface area contributed by atoms with E-state index in [0.29, 0.717) is 30.5 Å². The molecule has 1 aliphatic carbocycles. The predicted octanol–water partition coefficient (Wildman–Crippen LogP) is 2.31. The van der Waals surface area contributed by atoms with Gasteiger partial charge in [0.25, 0.3) is 5.91 Å². The first-order chi connectivity index (χ1) is 12.7. The van der Waals surface area contributed by atoms with E-state index >= 15 is 0 Å². The summed E-state index contributed by atoms with van der Waals surface area (Å²) in [6.45, 7) is 0.569. The molecule has 2 aromatic rings. The van der Waals surface area contributed by atoms with Crippen molar-refractivity contribution >= 4 is 17.9 Å². The first-order valence-electron chi connectivity index (χ1n) is 8.69. The number of hydrogen-bond donors (Lipinski definition) is 2. The molecule has 0 atom stereocenters. The van der Waals surface area contributed by atoms with E-state index in [1.54, 1.807) is 24.5 Å². The quantitative estimate of drug-likeness (QED) is 0.677. The van der Waals surface area contributed by atoms with Crippen molar-refractivity contribution in [2.75, 3.05) is 13.2 Å². The van der Waals surface area contributed by atoms with Gasteiger partial charge in [-0.15, -0.1) is 0 Å². The van der Waals surface area contributed by atoms with E-state index in [9.17, 15) is 9.59 Å². The minimum atomic E-state index is -0.164. The van der Waals surface area contributed by atoms with Crippen LogP contribution < -0.4 is 15.4 Å². The molecular formula is C20H22N2O4. The first-order valence-corrected chi connectivity index (χ1v) is 8.69. The molecule has 0 radical (unpaired) electrons. The normalized spacial score (nSPS) is 13.5. The summed E-state index contributed by atoms with van der Waals surface area (Å²) in [6.07, 6.45) is 7.47. The Morgan fingerprint density at radius 2 is 2.00 bits per heavy atom. The van der Waals surface area contributed by atoms with Crippen molar-refractivity contribution in [2.24, 2.45) is 0 Å². The Balaban J connectivity index is 1.34. The molecule has 0 saturated heterocycles. The Morgan fingerprint density at radius 1 is 1.19 bits per heavy atom. The maximum Gasteiger partial charge on any atom is 0.258 e. The zero-order valence-electron chi connectivity index (χ0n) is 14.4. The Labute approximate surface area is 152 Å². The third-order valence-electron chi connectivity index (χ3n) is 3.89. The van der Waals surface area contributed by atoms with E-state index < -0.39 is 0 Å². The van der Waals surface area contributed by atoms with E-state index in [0.717, 1.165) is 18.4 Å². The van der Waals surface area contributed by atoms with Crippen LogP contribution in [0.4, 0.5) is 0 Å². The maximum atomic E-state index is 11.7. The molecule has 1 aromatic heterocycles. The molecule has 0 aliphatic heterocycles. The van der Waals surface area contributed by atoms with Crippen molar-refractivity contribution in [3.63, 3.8) is 0 Å². The van der Waals surface area contributed by atoms with Crippen LogP contribution in [0, 0.1) is 0 Å². The van der Waals surface area contributed by atoms with Crippen LogP contribution in [-0.4, -0.2) is 31.0 Å². The van der Waals surface area contributed by atoms with E-state index in [4.69, 9.17) is 9.15 Å². The van der Waals surface area contributed by atoms with Gasteiger partial charge in [0.2, 0.25) is 5.91 Å². The second-order valence-corrected chi connectivity index (χ2v) is 6.16. The van der Waals surface area contributed by atoms with Gasteiger partial charge in [-0.2, -0.15) is 0 Å². The lowest BCUT2D eigenvalue weighted by molar-refractivity contribution is -0.123. The molecule has 0 spiro atoms. The predicted molar refractivity (Wildman–Crippen MR) is 97.6 cm³/mol. The highest BCUT2D eigenvalue weighted by atomic mass is 16.5. The maximum absolute atomic E-state index is 11.7. The van der Waals surface area contributed by atoms with Crippen LogP contribution in [0.1, 0.15) is 24.2 Å². The number of carbonyl (C=O) groups excluding carboxylic acids is 2. The molecule has 6 heteroatoms. The minimum absolute atomic E-state index is 0.0356. The van der Waals surface area contributed by atoms with Gasteiger partial charge >= 0.3 is 0 Å². The summed E-state index contributed by atoms with van der Waals surface area (Å²) in [6, 6.07) is 11.4. The molecule has 1 fully saturated rings. The smallest absolute Gasteiger partial charge is 0.258 e. The molecule has 1 aliphatic rings. The summed E-state index contributed by atoms with van der Waals surface area (Å²) in [5.74, 6) is 1.05. The molecule has 26 heavy (non-hydrogen) atoms. The van der Waals surface area contributed by atoms with Crippen molar-refractivity contribution in [2.45, 2.75) is 25.3 Å². The number of rotatable bonds is 9. The van der Waals surface area contributed by atoms with Crippen LogP contribution in [-0.2, 0) is 16.0 Å². The first kappa shape index (κ1) is 17.8. The van der Waals surface area contributed by atoms with Crippen LogP contribution in [0.25, 0.3) is 6.08 Å². The molecule has 2 amide bonds. The van der Waals surface area contributed by atoms with Crippen molar-refractivity contribution in [3.05, 3.63) is 60.1 Å². The lowest BCUT2D eigenvalue weighted by atomic mass is 10.1. The molecule has 2 N–H and O–H groups in total. The monoisotopic (exact) mass is 354 g/mol. The standard InChI is InChI=1S/C20H22N2O4/c23-19(10-9-17-2-1-13-25-17)21-12-11-15-3-7-18(8-4-15)26-14-20(24)22-16-5-6-16/h1-4,7-10,13,16H,5-6,11-12,14H2,(H,21,23)(H,22,24). The van der Waals surface area contributed by atoms with Gasteiger partial charge in [0.15, 0.2) is 6.61 Å². The third-order valence-corrected chi connectivity index (χ3v) is 3.89. The van der Waals surface area contributed by atoms with Crippen LogP contribution in [0.5, 0.6) is 5.75 Å². The zero-order chi connectivity index (χ0) is 18.2. The number of amides is 2. The highest BCUT2D eigenvalue weighted by Crippen LogP contribution is 2.18. The van der Waals surface area contributed by atoms with Crippen molar-refractivity contribution in [1.29, 1.82) is 0 Å². The van der Waals surface area contributed by atoms with Crippen molar-refractivity contribution in [3.8, 4) is 5.75 Å². The molecule has 1 saturated carbocycles. The number of furan rings is 1. The summed E-state index contributed by atoms with van der Waals surface area (Å²) < 4.78 is 10.6. The zero-order valence-corrected chi connectivity index (χ0v) is 14.4. The second-order valence-electron chi connectivity index (χ2n) is 6.16. The average Bonchev–Trinajstić information content (AvgIpc) is 3.30. The molecule has 6 nitrogen and oxygen atoms in total. The molecular weight excluding hydrogens is 332 g/mol. The summed E-state index contributed by atoms with van der Waals surface area (Å²) in [5, 5.41) is 5.70. The highest BCUT2D eigenvalue weighted by Gasteiger charge is 2.23. The van der Waals surface area contributed by atoms with Crippen molar-refractivity contribution in [1.82, 2.24) is 10.6 Å². The molecule has 1 aromatic carbocycles. The fourth-order valence-corrected chi connectivity index (χ4v) is 2.33. The number of nitrogens with one attached hydrogen (secondary N) is 2. The number of ether oxygens (including phenoxy) is 1. The number of carbonyl (C=O) groups is 2. The van der Waals surface area contributed by atoms with Crippen LogP contribution in [0.2, 0.25) is 0 Å². The van der Waals surface area contributed by atoms with E-state index in [1.807, 2.05) is 24.3 Å². The second kappa shape index (κ2) is 8.89. The van der Waals surface area contributed by atoms with Crippen LogP contribution >= 0.6 is 0 Å². The van der Waals surface area contributed by atoms with Gasteiger partial charge in [-0.1, -0.05) is 12.1 Å². The Kier molecular flexibility index (Phi) is 6.09. The largest absolute Gasteiger partial charge is 0.484 e. The van der Waals surface area contributed by atoms with Crippen molar-refractivity contribution < 1.29 is 18.7 Å². The SMILES string of the molecule is O=C(C=Cc1ccco1)NCCc1ccc(OCC(=O)NC2CC2)cc1. The van der Waals surface area contributed by atoms with Gasteiger partial charge in [-0.3, -0.25) is 9.59 Å². The minimum Gasteiger partial charge on any atom is -0.484 e. The van der Waals surface area contributed by atoms with Gasteiger partial charge < -0.3 is 19.8 Å². The van der Waals surface area contributed by atoms with Crippen LogP contribution in [0.3, 0.4) is 0 Å². The average molecular weight is 354 g/mol. The fraction of sp³-hybridized carbons (Fsp3) is 0.300. The lowest BCUT2D eigenvalue weighted by Crippen LogP contribution is -2.30. The molecule has 0 bridgehead atoms. The Hall–Kier alpha value is -3.02. The Morgan fingerprint density at radius 3 is 2.69 bits per heavy atom. The topological polar surface area (TPSA) is 80.6 Å². The fourth-order valence-electron chi connectivity index (χ4n) is 2.33.